The monoisotopic (exact) mass is 276 g/mol. The first-order valence-corrected chi connectivity index (χ1v) is 7.25. The van der Waals surface area contributed by atoms with Crippen LogP contribution in [0.25, 0.3) is 0 Å². The second-order valence-corrected chi connectivity index (χ2v) is 5.01. The Hall–Kier alpha value is -1.75. The molecule has 0 radical (unpaired) electrons. The number of carbonyl (C=O) groups excluding carboxylic acids is 1. The highest BCUT2D eigenvalue weighted by Gasteiger charge is 2.14. The average Bonchev–Trinajstić information content (AvgIpc) is 2.91. The highest BCUT2D eigenvalue weighted by Crippen LogP contribution is 2.16. The van der Waals surface area contributed by atoms with Crippen molar-refractivity contribution in [1.29, 1.82) is 0 Å². The molecule has 2 aromatic heterocycles. The highest BCUT2D eigenvalue weighted by atomic mass is 32.2. The van der Waals surface area contributed by atoms with Gasteiger partial charge in [-0.3, -0.25) is 4.79 Å². The molecule has 1 N–H and O–H groups in total. The first-order valence-electron chi connectivity index (χ1n) is 6.03. The molecular formula is C14H16N2O2S. The molecule has 0 aliphatic heterocycles. The molecule has 0 unspecified atom stereocenters. The van der Waals surface area contributed by atoms with Gasteiger partial charge in [-0.2, -0.15) is 0 Å². The number of pyridine rings is 1. The fourth-order valence-corrected chi connectivity index (χ4v) is 2.36. The molecule has 1 atom stereocenters. The van der Waals surface area contributed by atoms with Crippen molar-refractivity contribution in [3.05, 3.63) is 48.0 Å². The fraction of sp³-hybridized carbons (Fsp3) is 0.286. The lowest BCUT2D eigenvalue weighted by Gasteiger charge is -2.13. The van der Waals surface area contributed by atoms with Crippen LogP contribution in [0.1, 0.15) is 23.0 Å². The molecule has 0 saturated heterocycles. The summed E-state index contributed by atoms with van der Waals surface area (Å²) in [6, 6.07) is 7.31. The van der Waals surface area contributed by atoms with E-state index in [4.69, 9.17) is 4.42 Å². The molecule has 1 amide bonds. The molecule has 0 aliphatic carbocycles. The second-order valence-electron chi connectivity index (χ2n) is 4.22. The predicted octanol–water partition coefficient (Wildman–Crippen LogP) is 2.76. The van der Waals surface area contributed by atoms with Gasteiger partial charge in [0, 0.05) is 18.7 Å². The number of amides is 1. The molecular weight excluding hydrogens is 260 g/mol. The number of nitrogens with zero attached hydrogens (tertiary/aromatic N) is 1. The van der Waals surface area contributed by atoms with E-state index in [0.29, 0.717) is 12.0 Å². The van der Waals surface area contributed by atoms with Crippen molar-refractivity contribution in [2.75, 3.05) is 6.26 Å². The van der Waals surface area contributed by atoms with Crippen molar-refractivity contribution in [1.82, 2.24) is 10.3 Å². The summed E-state index contributed by atoms with van der Waals surface area (Å²) in [6.07, 6.45) is 5.91. The number of aromatic nitrogens is 1. The van der Waals surface area contributed by atoms with Gasteiger partial charge in [0.2, 0.25) is 0 Å². The number of nitrogens with one attached hydrogen (secondary N) is 1. The van der Waals surface area contributed by atoms with Crippen molar-refractivity contribution in [2.45, 2.75) is 24.4 Å². The third-order valence-corrected chi connectivity index (χ3v) is 3.39. The number of hydrogen-bond donors (Lipinski definition) is 1. The van der Waals surface area contributed by atoms with E-state index in [1.54, 1.807) is 24.6 Å². The van der Waals surface area contributed by atoms with E-state index in [1.807, 2.05) is 25.3 Å². The lowest BCUT2D eigenvalue weighted by molar-refractivity contribution is 0.0935. The second kappa shape index (κ2) is 6.43. The van der Waals surface area contributed by atoms with Crippen LogP contribution >= 0.6 is 11.8 Å². The van der Waals surface area contributed by atoms with Crippen molar-refractivity contribution in [2.24, 2.45) is 0 Å². The average molecular weight is 276 g/mol. The Morgan fingerprint density at radius 1 is 1.47 bits per heavy atom. The van der Waals surface area contributed by atoms with E-state index in [1.165, 1.54) is 11.8 Å². The van der Waals surface area contributed by atoms with Gasteiger partial charge in [0.1, 0.15) is 10.8 Å². The molecule has 0 aromatic carbocycles. The zero-order valence-electron chi connectivity index (χ0n) is 10.9. The molecule has 0 bridgehead atoms. The van der Waals surface area contributed by atoms with Crippen LogP contribution in [0.2, 0.25) is 0 Å². The van der Waals surface area contributed by atoms with Crippen molar-refractivity contribution < 1.29 is 9.21 Å². The third-order valence-electron chi connectivity index (χ3n) is 2.67. The number of thioether (sulfide) groups is 1. The maximum atomic E-state index is 12.2. The van der Waals surface area contributed by atoms with Gasteiger partial charge >= 0.3 is 0 Å². The minimum atomic E-state index is -0.100. The molecule has 0 aliphatic rings. The number of hydrogen-bond acceptors (Lipinski definition) is 4. The summed E-state index contributed by atoms with van der Waals surface area (Å²) in [5, 5.41) is 3.70. The van der Waals surface area contributed by atoms with E-state index in [2.05, 4.69) is 10.3 Å². The Balaban J connectivity index is 2.00. The van der Waals surface area contributed by atoms with Gasteiger partial charge in [0.15, 0.2) is 0 Å². The molecule has 19 heavy (non-hydrogen) atoms. The van der Waals surface area contributed by atoms with Gasteiger partial charge in [-0.05, 0) is 37.4 Å². The third kappa shape index (κ3) is 3.61. The highest BCUT2D eigenvalue weighted by molar-refractivity contribution is 7.98. The molecule has 2 rings (SSSR count). The molecule has 0 spiro atoms. The lowest BCUT2D eigenvalue weighted by atomic mass is 10.2. The van der Waals surface area contributed by atoms with E-state index < -0.39 is 0 Å². The van der Waals surface area contributed by atoms with Gasteiger partial charge in [-0.15, -0.1) is 11.8 Å². The smallest absolute Gasteiger partial charge is 0.254 e. The van der Waals surface area contributed by atoms with Crippen LogP contribution < -0.4 is 5.32 Å². The summed E-state index contributed by atoms with van der Waals surface area (Å²) in [7, 11) is 0. The summed E-state index contributed by atoms with van der Waals surface area (Å²) in [5.74, 6) is 0.764. The lowest BCUT2D eigenvalue weighted by Crippen LogP contribution is -2.34. The van der Waals surface area contributed by atoms with Crippen LogP contribution in [0.4, 0.5) is 0 Å². The summed E-state index contributed by atoms with van der Waals surface area (Å²) >= 11 is 1.47. The van der Waals surface area contributed by atoms with Gasteiger partial charge in [0.25, 0.3) is 5.91 Å². The minimum absolute atomic E-state index is 0.00793. The van der Waals surface area contributed by atoms with Crippen molar-refractivity contribution in [3.8, 4) is 0 Å². The Labute approximate surface area is 116 Å². The Kier molecular flexibility index (Phi) is 4.63. The molecule has 100 valence electrons. The maximum absolute atomic E-state index is 12.2. The quantitative estimate of drug-likeness (QED) is 0.853. The zero-order valence-corrected chi connectivity index (χ0v) is 11.7. The minimum Gasteiger partial charge on any atom is -0.469 e. The van der Waals surface area contributed by atoms with Crippen molar-refractivity contribution in [3.63, 3.8) is 0 Å². The van der Waals surface area contributed by atoms with Crippen LogP contribution in [0.15, 0.2) is 46.2 Å². The van der Waals surface area contributed by atoms with E-state index in [9.17, 15) is 4.79 Å². The van der Waals surface area contributed by atoms with Crippen LogP contribution in [0.3, 0.4) is 0 Å². The first kappa shape index (κ1) is 13.7. The summed E-state index contributed by atoms with van der Waals surface area (Å²) in [6.45, 7) is 1.95. The largest absolute Gasteiger partial charge is 0.469 e. The number of carbonyl (C=O) groups is 1. The van der Waals surface area contributed by atoms with Gasteiger partial charge < -0.3 is 9.73 Å². The molecule has 0 fully saturated rings. The standard InChI is InChI=1S/C14H16N2O2S/c1-10(9-11-5-4-8-18-11)16-13(17)12-6-3-7-15-14(12)19-2/h3-8,10H,9H2,1-2H3,(H,16,17)/t10-/m1/s1. The molecule has 4 nitrogen and oxygen atoms in total. The topological polar surface area (TPSA) is 55.1 Å². The van der Waals surface area contributed by atoms with Crippen LogP contribution in [0, 0.1) is 0 Å². The summed E-state index contributed by atoms with van der Waals surface area (Å²) in [4.78, 5) is 16.4. The van der Waals surface area contributed by atoms with Crippen LogP contribution in [0.5, 0.6) is 0 Å². The summed E-state index contributed by atoms with van der Waals surface area (Å²) < 4.78 is 5.27. The summed E-state index contributed by atoms with van der Waals surface area (Å²) in [5.41, 5.74) is 0.612. The predicted molar refractivity (Wildman–Crippen MR) is 75.4 cm³/mol. The molecule has 5 heteroatoms. The van der Waals surface area contributed by atoms with E-state index >= 15 is 0 Å². The van der Waals surface area contributed by atoms with Gasteiger partial charge in [-0.1, -0.05) is 0 Å². The number of furan rings is 1. The number of rotatable bonds is 5. The Bertz CT molecular complexity index is 540. The van der Waals surface area contributed by atoms with Gasteiger partial charge in [-0.25, -0.2) is 4.98 Å². The first-order chi connectivity index (χ1) is 9.20. The normalized spacial score (nSPS) is 12.1. The SMILES string of the molecule is CSc1ncccc1C(=O)N[C@H](C)Cc1ccco1. The van der Waals surface area contributed by atoms with Crippen molar-refractivity contribution >= 4 is 17.7 Å². The van der Waals surface area contributed by atoms with E-state index in [0.717, 1.165) is 10.8 Å². The van der Waals surface area contributed by atoms with Crippen LogP contribution in [-0.4, -0.2) is 23.2 Å². The Morgan fingerprint density at radius 2 is 2.32 bits per heavy atom. The molecule has 2 aromatic rings. The van der Waals surface area contributed by atoms with E-state index in [-0.39, 0.29) is 11.9 Å². The Morgan fingerprint density at radius 3 is 3.00 bits per heavy atom. The van der Waals surface area contributed by atoms with Crippen LogP contribution in [-0.2, 0) is 6.42 Å². The van der Waals surface area contributed by atoms with Gasteiger partial charge in [0.05, 0.1) is 11.8 Å². The zero-order chi connectivity index (χ0) is 13.7. The fourth-order valence-electron chi connectivity index (χ4n) is 1.81. The molecule has 2 heterocycles. The molecule has 0 saturated carbocycles. The maximum Gasteiger partial charge on any atom is 0.254 e.